The number of nitrogens with one attached hydrogen (secondary N) is 1. The van der Waals surface area contributed by atoms with Crippen LogP contribution >= 0.6 is 0 Å². The Balaban J connectivity index is 1.52. The van der Waals surface area contributed by atoms with E-state index in [9.17, 15) is 0 Å². The van der Waals surface area contributed by atoms with E-state index in [1.54, 1.807) is 0 Å². The molecule has 1 fully saturated rings. The van der Waals surface area contributed by atoms with Gasteiger partial charge >= 0.3 is 0 Å². The lowest BCUT2D eigenvalue weighted by Crippen LogP contribution is -2.43. The van der Waals surface area contributed by atoms with Gasteiger partial charge in [-0.3, -0.25) is 0 Å². The van der Waals surface area contributed by atoms with Crippen molar-refractivity contribution in [1.29, 1.82) is 0 Å². The van der Waals surface area contributed by atoms with Gasteiger partial charge in [0.25, 0.3) is 0 Å². The summed E-state index contributed by atoms with van der Waals surface area (Å²) in [6, 6.07) is 14.0. The number of hydrogen-bond donors (Lipinski definition) is 2. The summed E-state index contributed by atoms with van der Waals surface area (Å²) in [5, 5.41) is 12.5. The van der Waals surface area contributed by atoms with Gasteiger partial charge in [-0.2, -0.15) is 0 Å². The lowest BCUT2D eigenvalue weighted by atomic mass is 9.63. The molecule has 0 atom stereocenters. The normalized spacial score (nSPS) is 20.5. The molecule has 0 radical (unpaired) electrons. The van der Waals surface area contributed by atoms with Crippen LogP contribution < -0.4 is 10.2 Å². The molecule has 2 aromatic rings. The smallest absolute Gasteiger partial charge is 0.129 e. The largest absolute Gasteiger partial charge is 0.396 e. The van der Waals surface area contributed by atoms with E-state index in [4.69, 9.17) is 10.1 Å². The van der Waals surface area contributed by atoms with Gasteiger partial charge in [0.15, 0.2) is 0 Å². The first-order chi connectivity index (χ1) is 14.8. The summed E-state index contributed by atoms with van der Waals surface area (Å²) in [5.74, 6) is 1.09. The monoisotopic (exact) mass is 421 g/mol. The number of aliphatic hydroxyl groups is 1. The fourth-order valence-corrected chi connectivity index (χ4v) is 5.21. The second-order valence-electron chi connectivity index (χ2n) is 10.7. The van der Waals surface area contributed by atoms with Gasteiger partial charge in [0, 0.05) is 31.3 Å². The van der Waals surface area contributed by atoms with Gasteiger partial charge in [-0.25, -0.2) is 4.98 Å². The number of piperidine rings is 1. The minimum absolute atomic E-state index is 0.212. The average Bonchev–Trinajstić information content (AvgIpc) is 2.78. The molecule has 4 rings (SSSR count). The minimum atomic E-state index is 0.212. The second-order valence-corrected chi connectivity index (χ2v) is 10.7. The maximum Gasteiger partial charge on any atom is 0.129 e. The highest BCUT2D eigenvalue weighted by Gasteiger charge is 2.37. The predicted molar refractivity (Wildman–Crippen MR) is 130 cm³/mol. The molecule has 1 saturated heterocycles. The molecule has 4 nitrogen and oxygen atoms in total. The van der Waals surface area contributed by atoms with Crippen LogP contribution in [0.3, 0.4) is 0 Å². The van der Waals surface area contributed by atoms with Crippen LogP contribution in [0.5, 0.6) is 0 Å². The van der Waals surface area contributed by atoms with Crippen molar-refractivity contribution in [3.63, 3.8) is 0 Å². The van der Waals surface area contributed by atoms with Gasteiger partial charge < -0.3 is 15.3 Å². The summed E-state index contributed by atoms with van der Waals surface area (Å²) in [6.07, 6.45) is 5.55. The summed E-state index contributed by atoms with van der Waals surface area (Å²) in [7, 11) is 0. The molecular weight excluding hydrogens is 382 g/mol. The molecule has 0 unspecified atom stereocenters. The first-order valence-corrected chi connectivity index (χ1v) is 12.0. The van der Waals surface area contributed by atoms with Crippen molar-refractivity contribution in [2.45, 2.75) is 76.7 Å². The van der Waals surface area contributed by atoms with E-state index in [2.05, 4.69) is 74.3 Å². The molecule has 2 N–H and O–H groups in total. The highest BCUT2D eigenvalue weighted by Crippen LogP contribution is 2.46. The highest BCUT2D eigenvalue weighted by atomic mass is 16.3. The summed E-state index contributed by atoms with van der Waals surface area (Å²) >= 11 is 0. The van der Waals surface area contributed by atoms with Crippen LogP contribution in [-0.2, 0) is 10.8 Å². The summed E-state index contributed by atoms with van der Waals surface area (Å²) < 4.78 is 0. The molecule has 1 aromatic heterocycles. The van der Waals surface area contributed by atoms with Crippen LogP contribution in [0.4, 0.5) is 5.82 Å². The maximum absolute atomic E-state index is 8.97. The van der Waals surface area contributed by atoms with Gasteiger partial charge in [0.1, 0.15) is 5.82 Å². The van der Waals surface area contributed by atoms with Crippen molar-refractivity contribution in [2.24, 2.45) is 0 Å². The third-order valence-corrected chi connectivity index (χ3v) is 7.47. The Labute approximate surface area is 188 Å². The Kier molecular flexibility index (Phi) is 6.41. The van der Waals surface area contributed by atoms with Crippen molar-refractivity contribution in [1.82, 2.24) is 10.3 Å². The quantitative estimate of drug-likeness (QED) is 0.642. The number of hydrogen-bond acceptors (Lipinski definition) is 4. The number of pyridine rings is 1. The van der Waals surface area contributed by atoms with Crippen LogP contribution in [0.25, 0.3) is 11.3 Å². The van der Waals surface area contributed by atoms with Crippen molar-refractivity contribution in [2.75, 3.05) is 31.1 Å². The molecule has 1 aliphatic heterocycles. The Morgan fingerprint density at radius 2 is 1.71 bits per heavy atom. The van der Waals surface area contributed by atoms with E-state index in [-0.39, 0.29) is 17.4 Å². The molecule has 4 heteroatoms. The van der Waals surface area contributed by atoms with E-state index in [0.29, 0.717) is 6.04 Å². The Morgan fingerprint density at radius 3 is 2.42 bits per heavy atom. The van der Waals surface area contributed by atoms with E-state index >= 15 is 0 Å². The van der Waals surface area contributed by atoms with Crippen LogP contribution in [0.2, 0.25) is 0 Å². The lowest BCUT2D eigenvalue weighted by Gasteiger charge is -2.42. The summed E-state index contributed by atoms with van der Waals surface area (Å²) in [5.41, 5.74) is 5.75. The van der Waals surface area contributed by atoms with E-state index < -0.39 is 0 Å². The van der Waals surface area contributed by atoms with E-state index in [1.807, 2.05) is 0 Å². The van der Waals surface area contributed by atoms with Gasteiger partial charge in [-0.15, -0.1) is 0 Å². The van der Waals surface area contributed by atoms with Crippen molar-refractivity contribution in [3.8, 4) is 11.3 Å². The number of fused-ring (bicyclic) bond motifs is 1. The maximum atomic E-state index is 8.97. The summed E-state index contributed by atoms with van der Waals surface area (Å²) in [6.45, 7) is 12.7. The van der Waals surface area contributed by atoms with Crippen molar-refractivity contribution in [3.05, 3.63) is 47.5 Å². The van der Waals surface area contributed by atoms with Crippen LogP contribution in [-0.4, -0.2) is 42.4 Å². The SMILES string of the molecule is CC1(C)CCC(C)(C)c2cc(-c3cccc(N4CCC(NCCCO)CC4)n3)ccc21. The zero-order chi connectivity index (χ0) is 22.1. The van der Waals surface area contributed by atoms with Gasteiger partial charge in [0.05, 0.1) is 5.69 Å². The molecule has 0 saturated carbocycles. The van der Waals surface area contributed by atoms with Crippen LogP contribution in [0, 0.1) is 0 Å². The number of benzene rings is 1. The molecule has 0 spiro atoms. The minimum Gasteiger partial charge on any atom is -0.396 e. The van der Waals surface area contributed by atoms with E-state index in [1.165, 1.54) is 29.5 Å². The number of aliphatic hydroxyl groups excluding tert-OH is 1. The topological polar surface area (TPSA) is 48.4 Å². The first-order valence-electron chi connectivity index (χ1n) is 12.0. The molecule has 0 bridgehead atoms. The molecule has 31 heavy (non-hydrogen) atoms. The van der Waals surface area contributed by atoms with Gasteiger partial charge in [-0.1, -0.05) is 45.9 Å². The molecule has 1 aliphatic carbocycles. The van der Waals surface area contributed by atoms with Crippen molar-refractivity contribution < 1.29 is 5.11 Å². The number of nitrogens with zero attached hydrogens (tertiary/aromatic N) is 2. The number of rotatable bonds is 6. The van der Waals surface area contributed by atoms with Gasteiger partial charge in [0.2, 0.25) is 0 Å². The molecule has 168 valence electrons. The fourth-order valence-electron chi connectivity index (χ4n) is 5.21. The molecule has 2 aliphatic rings. The molecule has 1 aromatic carbocycles. The zero-order valence-corrected chi connectivity index (χ0v) is 19.7. The lowest BCUT2D eigenvalue weighted by molar-refractivity contribution is 0.280. The predicted octanol–water partition coefficient (Wildman–Crippen LogP) is 5.04. The Morgan fingerprint density at radius 1 is 1.00 bits per heavy atom. The summed E-state index contributed by atoms with van der Waals surface area (Å²) in [4.78, 5) is 7.49. The van der Waals surface area contributed by atoms with Crippen molar-refractivity contribution >= 4 is 5.82 Å². The van der Waals surface area contributed by atoms with Crippen LogP contribution in [0.1, 0.15) is 70.9 Å². The van der Waals surface area contributed by atoms with E-state index in [0.717, 1.165) is 50.4 Å². The third-order valence-electron chi connectivity index (χ3n) is 7.47. The second kappa shape index (κ2) is 8.91. The average molecular weight is 422 g/mol. The van der Waals surface area contributed by atoms with Crippen LogP contribution in [0.15, 0.2) is 36.4 Å². The number of anilines is 1. The number of aromatic nitrogens is 1. The Bertz CT molecular complexity index is 897. The highest BCUT2D eigenvalue weighted by molar-refractivity contribution is 5.65. The van der Waals surface area contributed by atoms with Gasteiger partial charge in [-0.05, 0) is 78.8 Å². The first kappa shape index (κ1) is 22.3. The molecule has 0 amide bonds. The third kappa shape index (κ3) is 4.80. The molecule has 2 heterocycles. The standard InChI is InChI=1S/C27H39N3O/c1-26(2)13-14-27(3,4)23-19-20(9-10-22(23)26)24-7-5-8-25(29-24)30-16-11-21(12-17-30)28-15-6-18-31/h5,7-10,19,21,28,31H,6,11-18H2,1-4H3. The Hall–Kier alpha value is -1.91. The fraction of sp³-hybridized carbons (Fsp3) is 0.593. The zero-order valence-electron chi connectivity index (χ0n) is 19.7. The molecular formula is C27H39N3O.